The Labute approximate surface area is 290 Å². The molecule has 49 heavy (non-hydrogen) atoms. The van der Waals surface area contributed by atoms with Gasteiger partial charge in [0.1, 0.15) is 13.2 Å². The van der Waals surface area contributed by atoms with Gasteiger partial charge < -0.3 is 34.6 Å². The Morgan fingerprint density at radius 3 is 1.84 bits per heavy atom. The van der Waals surface area contributed by atoms with Gasteiger partial charge in [0.2, 0.25) is 0 Å². The molecule has 0 unspecified atom stereocenters. The summed E-state index contributed by atoms with van der Waals surface area (Å²) in [6.45, 7) is 6.48. The van der Waals surface area contributed by atoms with Gasteiger partial charge in [-0.05, 0) is 105 Å². The minimum atomic E-state index is -0.889. The van der Waals surface area contributed by atoms with Crippen molar-refractivity contribution < 1.29 is 29.3 Å². The summed E-state index contributed by atoms with van der Waals surface area (Å²) in [5.74, 6) is 0.592. The number of carboxylic acid groups (broad SMARTS) is 2. The molecule has 7 rings (SSSR count). The molecule has 0 radical (unpaired) electrons. The molecular formula is C38H43ClN4O6. The predicted octanol–water partition coefficient (Wildman–Crippen LogP) is 7.21. The van der Waals surface area contributed by atoms with E-state index in [1.807, 2.05) is 30.6 Å². The minimum absolute atomic E-state index is 0.329. The molecule has 0 aliphatic carbocycles. The average Bonchev–Trinajstić information content (AvgIpc) is 3.73. The lowest BCUT2D eigenvalue weighted by Gasteiger charge is -2.36. The third-order valence-electron chi connectivity index (χ3n) is 9.29. The van der Waals surface area contributed by atoms with Crippen molar-refractivity contribution in [3.05, 3.63) is 89.2 Å². The second-order valence-electron chi connectivity index (χ2n) is 12.5. The number of fused-ring (bicyclic) bond motifs is 3. The molecule has 0 atom stereocenters. The zero-order valence-corrected chi connectivity index (χ0v) is 28.3. The van der Waals surface area contributed by atoms with E-state index < -0.39 is 11.9 Å². The average molecular weight is 687 g/mol. The van der Waals surface area contributed by atoms with E-state index in [1.54, 1.807) is 24.3 Å². The number of aryl methyl sites for hydroxylation is 2. The number of aromatic nitrogens is 2. The molecule has 1 saturated heterocycles. The van der Waals surface area contributed by atoms with Crippen LogP contribution in [-0.2, 0) is 12.8 Å². The van der Waals surface area contributed by atoms with Gasteiger partial charge in [-0.25, -0.2) is 9.59 Å². The number of carbonyl (C=O) groups is 2. The maximum absolute atomic E-state index is 11.3. The van der Waals surface area contributed by atoms with Gasteiger partial charge in [-0.15, -0.1) is 11.6 Å². The van der Waals surface area contributed by atoms with Crippen molar-refractivity contribution in [2.24, 2.45) is 0 Å². The topological polar surface area (TPSA) is 131 Å². The van der Waals surface area contributed by atoms with Crippen molar-refractivity contribution in [2.45, 2.75) is 38.5 Å². The number of aromatic carboxylic acids is 2. The summed E-state index contributed by atoms with van der Waals surface area (Å²) in [6.07, 6.45) is 10.1. The number of nitrogens with one attached hydrogen (secondary N) is 2. The van der Waals surface area contributed by atoms with Crippen LogP contribution in [0.5, 0.6) is 11.5 Å². The highest BCUT2D eigenvalue weighted by Crippen LogP contribution is 2.34. The number of rotatable bonds is 12. The fraction of sp³-hybridized carbons (Fsp3) is 0.368. The van der Waals surface area contributed by atoms with Crippen LogP contribution in [0.2, 0.25) is 0 Å². The third-order valence-corrected chi connectivity index (χ3v) is 9.56. The molecule has 4 N–H and O–H groups in total. The lowest BCUT2D eigenvalue weighted by Crippen LogP contribution is -2.46. The molecule has 258 valence electrons. The number of unbranched alkanes of at least 4 members (excludes halogenated alkanes) is 2. The summed E-state index contributed by atoms with van der Waals surface area (Å²) in [7, 11) is 0. The molecule has 0 amide bonds. The third kappa shape index (κ3) is 8.50. The number of benzene rings is 3. The standard InChI is InChI=1S/C25H29N3O4.C13H14ClNO2/c29-25(30)18-4-6-22-21(15-18)19(17-26-22)3-1-2-8-27-9-11-28(12-10-27)20-5-7-23-24(16-20)32-14-13-31-23;14-6-2-1-3-10-8-15-12-5-4-9(13(16)17)7-11(10)12/h4-7,15-17,26H,1-3,8-14H2,(H,29,30);4-5,7-8,15H,1-3,6H2,(H,16,17). The van der Waals surface area contributed by atoms with Crippen LogP contribution in [0.4, 0.5) is 5.69 Å². The number of anilines is 1. The second kappa shape index (κ2) is 16.2. The zero-order chi connectivity index (χ0) is 34.2. The van der Waals surface area contributed by atoms with Crippen molar-refractivity contribution >= 4 is 51.0 Å². The van der Waals surface area contributed by atoms with Crippen LogP contribution in [0.1, 0.15) is 57.5 Å². The molecule has 4 heterocycles. The number of hydrogen-bond donors (Lipinski definition) is 4. The lowest BCUT2D eigenvalue weighted by atomic mass is 10.0. The number of piperazine rings is 1. The number of carboxylic acids is 2. The van der Waals surface area contributed by atoms with Gasteiger partial charge in [-0.3, -0.25) is 4.90 Å². The lowest BCUT2D eigenvalue weighted by molar-refractivity contribution is 0.0686. The summed E-state index contributed by atoms with van der Waals surface area (Å²) in [5.41, 5.74) is 6.22. The Morgan fingerprint density at radius 2 is 1.27 bits per heavy atom. The van der Waals surface area contributed by atoms with Gasteiger partial charge in [0.25, 0.3) is 0 Å². The highest BCUT2D eigenvalue weighted by atomic mass is 35.5. The molecule has 0 bridgehead atoms. The SMILES string of the molecule is O=C(O)c1ccc2[nH]cc(CCCCCl)c2c1.O=C(O)c1ccc2[nH]cc(CCCCN3CCN(c4ccc5c(c4)OCCO5)CC3)c2c1. The largest absolute Gasteiger partial charge is 0.486 e. The monoisotopic (exact) mass is 686 g/mol. The molecule has 10 nitrogen and oxygen atoms in total. The van der Waals surface area contributed by atoms with Gasteiger partial charge >= 0.3 is 11.9 Å². The molecular weight excluding hydrogens is 644 g/mol. The van der Waals surface area contributed by atoms with Crippen LogP contribution >= 0.6 is 11.6 Å². The molecule has 5 aromatic rings. The Bertz CT molecular complexity index is 1890. The molecule has 2 aliphatic rings. The normalized spacial score (nSPS) is 14.5. The summed E-state index contributed by atoms with van der Waals surface area (Å²) in [5, 5.41) is 20.2. The minimum Gasteiger partial charge on any atom is -0.486 e. The number of nitrogens with zero attached hydrogens (tertiary/aromatic N) is 2. The van der Waals surface area contributed by atoms with Crippen LogP contribution in [0.15, 0.2) is 67.0 Å². The van der Waals surface area contributed by atoms with E-state index in [4.69, 9.17) is 26.2 Å². The number of alkyl halides is 1. The Kier molecular flexibility index (Phi) is 11.3. The number of halogens is 1. The summed E-state index contributed by atoms with van der Waals surface area (Å²) < 4.78 is 11.3. The van der Waals surface area contributed by atoms with Crippen LogP contribution in [-0.4, -0.2) is 88.8 Å². The van der Waals surface area contributed by atoms with Crippen LogP contribution in [0.3, 0.4) is 0 Å². The first kappa shape index (κ1) is 34.2. The second-order valence-corrected chi connectivity index (χ2v) is 12.9. The molecule has 11 heteroatoms. The smallest absolute Gasteiger partial charge is 0.335 e. The first-order valence-corrected chi connectivity index (χ1v) is 17.5. The summed E-state index contributed by atoms with van der Waals surface area (Å²) in [4.78, 5) is 33.5. The first-order chi connectivity index (χ1) is 23.9. The van der Waals surface area contributed by atoms with Crippen molar-refractivity contribution in [1.29, 1.82) is 0 Å². The van der Waals surface area contributed by atoms with Crippen LogP contribution < -0.4 is 14.4 Å². The molecule has 0 saturated carbocycles. The molecule has 3 aromatic carbocycles. The Balaban J connectivity index is 0.000000207. The maximum atomic E-state index is 11.3. The van der Waals surface area contributed by atoms with Gasteiger partial charge in [0.15, 0.2) is 11.5 Å². The molecule has 2 aliphatic heterocycles. The quantitative estimate of drug-likeness (QED) is 0.0800. The van der Waals surface area contributed by atoms with Crippen molar-refractivity contribution in [1.82, 2.24) is 14.9 Å². The number of aromatic amines is 2. The van der Waals surface area contributed by atoms with Crippen LogP contribution in [0, 0.1) is 0 Å². The van der Waals surface area contributed by atoms with Crippen molar-refractivity contribution in [3.63, 3.8) is 0 Å². The van der Waals surface area contributed by atoms with E-state index >= 15 is 0 Å². The van der Waals surface area contributed by atoms with Crippen LogP contribution in [0.25, 0.3) is 21.8 Å². The summed E-state index contributed by atoms with van der Waals surface area (Å²) >= 11 is 5.64. The number of ether oxygens (including phenoxy) is 2. The zero-order valence-electron chi connectivity index (χ0n) is 27.6. The van der Waals surface area contributed by atoms with Gasteiger partial charge in [0.05, 0.1) is 11.1 Å². The first-order valence-electron chi connectivity index (χ1n) is 17.0. The van der Waals surface area contributed by atoms with E-state index in [0.29, 0.717) is 30.2 Å². The highest BCUT2D eigenvalue weighted by molar-refractivity contribution is 6.17. The molecule has 1 fully saturated rings. The van der Waals surface area contributed by atoms with E-state index in [2.05, 4.69) is 31.9 Å². The maximum Gasteiger partial charge on any atom is 0.335 e. The van der Waals surface area contributed by atoms with E-state index in [-0.39, 0.29) is 0 Å². The van der Waals surface area contributed by atoms with E-state index in [1.165, 1.54) is 11.3 Å². The fourth-order valence-electron chi connectivity index (χ4n) is 6.56. The van der Waals surface area contributed by atoms with E-state index in [0.717, 1.165) is 110 Å². The van der Waals surface area contributed by atoms with Gasteiger partial charge in [-0.2, -0.15) is 0 Å². The van der Waals surface area contributed by atoms with Gasteiger partial charge in [0, 0.05) is 78.0 Å². The number of hydrogen-bond acceptors (Lipinski definition) is 6. The molecule has 2 aromatic heterocycles. The summed E-state index contributed by atoms with van der Waals surface area (Å²) in [6, 6.07) is 16.7. The fourth-order valence-corrected chi connectivity index (χ4v) is 6.74. The van der Waals surface area contributed by atoms with Crippen molar-refractivity contribution in [3.8, 4) is 11.5 Å². The molecule has 0 spiro atoms. The predicted molar refractivity (Wildman–Crippen MR) is 193 cm³/mol. The Morgan fingerprint density at radius 1 is 0.694 bits per heavy atom. The van der Waals surface area contributed by atoms with Gasteiger partial charge in [-0.1, -0.05) is 0 Å². The van der Waals surface area contributed by atoms with Crippen molar-refractivity contribution in [2.75, 3.05) is 56.7 Å². The highest BCUT2D eigenvalue weighted by Gasteiger charge is 2.20. The number of H-pyrrole nitrogens is 2. The Hall–Kier alpha value is -4.67. The van der Waals surface area contributed by atoms with E-state index in [9.17, 15) is 14.7 Å².